The van der Waals surface area contributed by atoms with Crippen molar-refractivity contribution in [2.45, 2.75) is 80.2 Å². The van der Waals surface area contributed by atoms with Crippen LogP contribution in [-0.2, 0) is 41.2 Å². The van der Waals surface area contributed by atoms with E-state index in [1.165, 1.54) is 22.3 Å². The van der Waals surface area contributed by atoms with Gasteiger partial charge in [0.15, 0.2) is 0 Å². The average molecular weight is 674 g/mol. The van der Waals surface area contributed by atoms with Crippen molar-refractivity contribution in [1.82, 2.24) is 34.8 Å². The second kappa shape index (κ2) is 15.1. The molecular formula is C37H43FeN7O2. The number of fused-ring (bicyclic) bond motifs is 8. The molecule has 3 N–H and O–H groups in total. The third-order valence-electron chi connectivity index (χ3n) is 9.07. The molecule has 9 nitrogen and oxygen atoms in total. The molecule has 8 bridgehead atoms. The van der Waals surface area contributed by atoms with E-state index in [9.17, 15) is 4.79 Å². The number of carbonyl (C=O) groups is 1. The van der Waals surface area contributed by atoms with Crippen molar-refractivity contribution >= 4 is 50.8 Å². The fourth-order valence-electron chi connectivity index (χ4n) is 6.41. The number of nitrogens with one attached hydrogen (secondary N) is 1. The number of imidazole rings is 1. The van der Waals surface area contributed by atoms with Gasteiger partial charge in [0.2, 0.25) is 5.91 Å². The monoisotopic (exact) mass is 673 g/mol. The van der Waals surface area contributed by atoms with E-state index < -0.39 is 0 Å². The molecule has 0 radical (unpaired) electrons. The first kappa shape index (κ1) is 35.6. The SMILES string of the molecule is CCC1=C(C)c2cc3[n-]c(cc4[n-]c(cc5nc(cc1n2)C(C)=C5)c(CCC(=O)NCCCn1ccnc1)c4C)c(C)c3CC.O.[Fe+2]. The Bertz CT molecular complexity index is 2000. The molecule has 2 aliphatic rings. The van der Waals surface area contributed by atoms with E-state index in [1.54, 1.807) is 12.5 Å². The molecule has 0 aliphatic carbocycles. The number of allylic oxidation sites excluding steroid dienone is 3. The van der Waals surface area contributed by atoms with Gasteiger partial charge in [-0.05, 0) is 82.2 Å². The van der Waals surface area contributed by atoms with Gasteiger partial charge in [-0.3, -0.25) is 4.79 Å². The zero-order valence-corrected chi connectivity index (χ0v) is 29.1. The van der Waals surface area contributed by atoms with Crippen molar-refractivity contribution in [2.75, 3.05) is 6.54 Å². The summed E-state index contributed by atoms with van der Waals surface area (Å²) < 4.78 is 2.02. The summed E-state index contributed by atoms with van der Waals surface area (Å²) in [6.45, 7) is 14.3. The van der Waals surface area contributed by atoms with Crippen molar-refractivity contribution in [3.8, 4) is 0 Å². The van der Waals surface area contributed by atoms with Crippen LogP contribution in [0.25, 0.3) is 44.9 Å². The van der Waals surface area contributed by atoms with Gasteiger partial charge in [-0.25, -0.2) is 15.0 Å². The average Bonchev–Trinajstić information content (AvgIpc) is 3.82. The summed E-state index contributed by atoms with van der Waals surface area (Å²) in [5, 5.41) is 3.08. The Morgan fingerprint density at radius 3 is 2.26 bits per heavy atom. The largest absolute Gasteiger partial charge is 2.00 e. The van der Waals surface area contributed by atoms with E-state index in [4.69, 9.17) is 19.9 Å². The Morgan fingerprint density at radius 1 is 0.851 bits per heavy atom. The predicted octanol–water partition coefficient (Wildman–Crippen LogP) is 6.16. The Kier molecular flexibility index (Phi) is 11.4. The van der Waals surface area contributed by atoms with E-state index >= 15 is 0 Å². The van der Waals surface area contributed by atoms with Gasteiger partial charge in [0, 0.05) is 31.9 Å². The minimum absolute atomic E-state index is 0. The second-order valence-electron chi connectivity index (χ2n) is 12.0. The summed E-state index contributed by atoms with van der Waals surface area (Å²) in [7, 11) is 0. The normalized spacial score (nSPS) is 12.4. The number of amides is 1. The molecule has 10 heteroatoms. The number of nitrogens with zero attached hydrogens (tertiary/aromatic N) is 6. The van der Waals surface area contributed by atoms with Crippen LogP contribution in [0.2, 0.25) is 0 Å². The second-order valence-corrected chi connectivity index (χ2v) is 12.0. The Balaban J connectivity index is 0.00000250. The molecule has 4 aromatic rings. The smallest absolute Gasteiger partial charge is 0.657 e. The number of aryl methyl sites for hydroxylation is 5. The van der Waals surface area contributed by atoms with Gasteiger partial charge in [-0.1, -0.05) is 54.3 Å². The molecule has 2 aliphatic heterocycles. The van der Waals surface area contributed by atoms with Crippen LogP contribution < -0.4 is 15.3 Å². The maximum Gasteiger partial charge on any atom is 2.00 e. The quantitative estimate of drug-likeness (QED) is 0.167. The molecule has 6 rings (SSSR count). The summed E-state index contributed by atoms with van der Waals surface area (Å²) in [6, 6.07) is 8.40. The number of hydrogen-bond acceptors (Lipinski definition) is 4. The minimum atomic E-state index is 0. The molecule has 0 atom stereocenters. The van der Waals surface area contributed by atoms with Gasteiger partial charge in [-0.15, -0.1) is 22.1 Å². The molecule has 0 spiro atoms. The summed E-state index contributed by atoms with van der Waals surface area (Å²) in [4.78, 5) is 37.2. The molecule has 47 heavy (non-hydrogen) atoms. The molecule has 246 valence electrons. The van der Waals surface area contributed by atoms with E-state index in [0.717, 1.165) is 87.3 Å². The van der Waals surface area contributed by atoms with Gasteiger partial charge < -0.3 is 25.3 Å². The standard InChI is InChI=1S/C37H42N7O.Fe.H2O/c1-7-27-24(5)33-20-36-28(8-2)23(4)31(42-36)19-32-25(6)29(10-11-37(45)39-12-9-14-44-15-13-38-21-44)34(41-32)17-26-16-22(3)30(40-26)18-35(27)43-33;;/h13,15-21H,7-12,14H2,1-6H3,(H2-,39,40,41,42,43,45);;1H2/q-1;+2;/p-1. The Hall–Kier alpha value is -4.24. The fraction of sp³-hybridized carbons (Fsp3) is 0.351. The number of aromatic nitrogens is 6. The zero-order valence-electron chi connectivity index (χ0n) is 28.0. The minimum Gasteiger partial charge on any atom is -0.657 e. The third-order valence-corrected chi connectivity index (χ3v) is 9.07. The van der Waals surface area contributed by atoms with E-state index in [0.29, 0.717) is 19.4 Å². The van der Waals surface area contributed by atoms with Gasteiger partial charge in [0.1, 0.15) is 0 Å². The molecule has 0 saturated heterocycles. The summed E-state index contributed by atoms with van der Waals surface area (Å²) >= 11 is 0. The molecule has 0 aromatic carbocycles. The first-order valence-electron chi connectivity index (χ1n) is 16.0. The van der Waals surface area contributed by atoms with E-state index in [2.05, 4.69) is 82.2 Å². The van der Waals surface area contributed by atoms with Crippen LogP contribution in [0.3, 0.4) is 0 Å². The molecule has 1 amide bonds. The molecular weight excluding hydrogens is 630 g/mol. The third kappa shape index (κ3) is 7.35. The first-order chi connectivity index (χ1) is 21.7. The Labute approximate surface area is 286 Å². The zero-order chi connectivity index (χ0) is 31.7. The van der Waals surface area contributed by atoms with Crippen LogP contribution in [0.5, 0.6) is 0 Å². The molecule has 0 fully saturated rings. The molecule has 0 saturated carbocycles. The van der Waals surface area contributed by atoms with Crippen molar-refractivity contribution in [3.63, 3.8) is 0 Å². The van der Waals surface area contributed by atoms with Crippen LogP contribution in [0.4, 0.5) is 0 Å². The van der Waals surface area contributed by atoms with Crippen LogP contribution in [0.1, 0.15) is 92.0 Å². The van der Waals surface area contributed by atoms with Gasteiger partial charge in [0.25, 0.3) is 0 Å². The van der Waals surface area contributed by atoms with Gasteiger partial charge in [0.05, 0.1) is 29.1 Å². The first-order valence-corrected chi connectivity index (χ1v) is 16.0. The van der Waals surface area contributed by atoms with Crippen molar-refractivity contribution in [2.24, 2.45) is 0 Å². The summed E-state index contributed by atoms with van der Waals surface area (Å²) in [5.41, 5.74) is 15.4. The van der Waals surface area contributed by atoms with E-state index in [1.807, 2.05) is 10.8 Å². The van der Waals surface area contributed by atoms with Crippen molar-refractivity contribution in [3.05, 3.63) is 88.0 Å². The Morgan fingerprint density at radius 2 is 1.57 bits per heavy atom. The topological polar surface area (TPSA) is 132 Å². The van der Waals surface area contributed by atoms with Crippen LogP contribution in [-0.4, -0.2) is 37.4 Å². The number of carbonyl (C=O) groups excluding carboxylic acids is 1. The van der Waals surface area contributed by atoms with Crippen molar-refractivity contribution in [1.29, 1.82) is 0 Å². The van der Waals surface area contributed by atoms with E-state index in [-0.39, 0.29) is 28.5 Å². The summed E-state index contributed by atoms with van der Waals surface area (Å²) in [6.07, 6.45) is 11.2. The van der Waals surface area contributed by atoms with Crippen molar-refractivity contribution < 1.29 is 27.3 Å². The summed E-state index contributed by atoms with van der Waals surface area (Å²) in [5.74, 6) is 0.0417. The maximum atomic E-state index is 12.9. The van der Waals surface area contributed by atoms with Crippen LogP contribution in [0.15, 0.2) is 43.0 Å². The fourth-order valence-corrected chi connectivity index (χ4v) is 6.41. The molecule has 6 heterocycles. The molecule has 0 unspecified atom stereocenters. The van der Waals surface area contributed by atoms with Gasteiger partial charge >= 0.3 is 17.1 Å². The number of hydrogen-bond donors (Lipinski definition) is 1. The predicted molar refractivity (Wildman–Crippen MR) is 186 cm³/mol. The van der Waals surface area contributed by atoms with Crippen LogP contribution >= 0.6 is 0 Å². The van der Waals surface area contributed by atoms with Gasteiger partial charge in [-0.2, -0.15) is 0 Å². The van der Waals surface area contributed by atoms with Crippen LogP contribution in [0, 0.1) is 13.8 Å². The maximum absolute atomic E-state index is 12.9. The number of rotatable bonds is 9. The molecule has 4 aromatic heterocycles.